The van der Waals surface area contributed by atoms with Crippen LogP contribution in [0.2, 0.25) is 0 Å². The summed E-state index contributed by atoms with van der Waals surface area (Å²) in [6.45, 7) is 6.80. The summed E-state index contributed by atoms with van der Waals surface area (Å²) in [4.78, 5) is 58.8. The number of rotatable bonds is 6. The van der Waals surface area contributed by atoms with E-state index in [9.17, 15) is 29.4 Å². The van der Waals surface area contributed by atoms with Crippen molar-refractivity contribution in [2.75, 3.05) is 7.05 Å². The summed E-state index contributed by atoms with van der Waals surface area (Å²) in [7, 11) is 1.49. The Kier molecular flexibility index (Phi) is 10.2. The lowest BCUT2D eigenvalue weighted by molar-refractivity contribution is -0.163. The predicted octanol–water partition coefficient (Wildman–Crippen LogP) is 1.43. The zero-order valence-corrected chi connectivity index (χ0v) is 23.4. The number of aromatic nitrogens is 1. The first kappa shape index (κ1) is 30.6. The van der Waals surface area contributed by atoms with Gasteiger partial charge in [0.2, 0.25) is 11.8 Å². The van der Waals surface area contributed by atoms with Gasteiger partial charge >= 0.3 is 5.97 Å². The largest absolute Gasteiger partial charge is 0.507 e. The molecule has 11 heteroatoms. The van der Waals surface area contributed by atoms with Crippen LogP contribution in [-0.4, -0.2) is 81.2 Å². The Morgan fingerprint density at radius 2 is 1.85 bits per heavy atom. The van der Waals surface area contributed by atoms with Gasteiger partial charge in [0.1, 0.15) is 23.9 Å². The number of esters is 1. The molecule has 1 fully saturated rings. The molecular weight excluding hydrogens is 516 g/mol. The normalized spacial score (nSPS) is 26.4. The molecule has 0 radical (unpaired) electrons. The molecule has 216 valence electrons. The first-order chi connectivity index (χ1) is 18.9. The van der Waals surface area contributed by atoms with Gasteiger partial charge in [-0.2, -0.15) is 0 Å². The van der Waals surface area contributed by atoms with Gasteiger partial charge in [-0.3, -0.25) is 19.4 Å². The molecule has 2 aromatic rings. The maximum absolute atomic E-state index is 13.7. The molecule has 3 rings (SSSR count). The molecule has 6 atom stereocenters. The Labute approximate surface area is 233 Å². The molecule has 1 aliphatic heterocycles. The van der Waals surface area contributed by atoms with E-state index in [0.29, 0.717) is 5.56 Å². The zero-order valence-electron chi connectivity index (χ0n) is 23.4. The molecule has 2 heterocycles. The number of benzene rings is 1. The Balaban J connectivity index is 2.03. The summed E-state index contributed by atoms with van der Waals surface area (Å²) < 4.78 is 5.68. The van der Waals surface area contributed by atoms with E-state index in [1.807, 2.05) is 13.8 Å². The maximum Gasteiger partial charge on any atom is 0.329 e. The highest BCUT2D eigenvalue weighted by atomic mass is 16.5. The topological polar surface area (TPSA) is 158 Å². The number of phenols is 1. The molecule has 1 aliphatic rings. The summed E-state index contributed by atoms with van der Waals surface area (Å²) in [5.74, 6) is -3.94. The fraction of sp³-hybridized carbons (Fsp3) is 0.483. The summed E-state index contributed by atoms with van der Waals surface area (Å²) in [5.41, 5.74) is 0.641. The van der Waals surface area contributed by atoms with Crippen LogP contribution < -0.4 is 10.6 Å². The number of nitrogens with zero attached hydrogens (tertiary/aromatic N) is 2. The van der Waals surface area contributed by atoms with Crippen LogP contribution in [0.1, 0.15) is 50.0 Å². The number of phenolic OH excluding ortho intramolecular Hbond substituents is 1. The quantitative estimate of drug-likeness (QED) is 0.391. The molecule has 1 aromatic carbocycles. The fourth-order valence-corrected chi connectivity index (χ4v) is 4.74. The molecule has 3 amide bonds. The van der Waals surface area contributed by atoms with Gasteiger partial charge in [0.05, 0.1) is 23.6 Å². The average Bonchev–Trinajstić information content (AvgIpc) is 2.92. The van der Waals surface area contributed by atoms with Crippen LogP contribution in [0.15, 0.2) is 48.8 Å². The summed E-state index contributed by atoms with van der Waals surface area (Å²) in [6, 6.07) is 6.04. The van der Waals surface area contributed by atoms with Crippen molar-refractivity contribution in [3.05, 3.63) is 59.9 Å². The Hall–Kier alpha value is -3.99. The van der Waals surface area contributed by atoms with Gasteiger partial charge in [-0.25, -0.2) is 4.79 Å². The highest BCUT2D eigenvalue weighted by Crippen LogP contribution is 2.22. The van der Waals surface area contributed by atoms with Crippen molar-refractivity contribution in [1.29, 1.82) is 0 Å². The van der Waals surface area contributed by atoms with Crippen molar-refractivity contribution in [3.63, 3.8) is 0 Å². The number of carbonyl (C=O) groups is 4. The molecule has 1 saturated heterocycles. The van der Waals surface area contributed by atoms with Crippen LogP contribution in [0.5, 0.6) is 5.75 Å². The van der Waals surface area contributed by atoms with Gasteiger partial charge in [-0.05, 0) is 49.4 Å². The monoisotopic (exact) mass is 554 g/mol. The number of para-hydroxylation sites is 1. The number of pyridine rings is 1. The van der Waals surface area contributed by atoms with Crippen LogP contribution in [-0.2, 0) is 25.5 Å². The number of nitrogens with one attached hydrogen (secondary N) is 2. The van der Waals surface area contributed by atoms with Crippen LogP contribution in [0.3, 0.4) is 0 Å². The minimum Gasteiger partial charge on any atom is -0.507 e. The highest BCUT2D eigenvalue weighted by Gasteiger charge is 2.41. The summed E-state index contributed by atoms with van der Waals surface area (Å²) in [6.07, 6.45) is 1.12. The van der Waals surface area contributed by atoms with Crippen molar-refractivity contribution in [2.45, 2.75) is 70.9 Å². The van der Waals surface area contributed by atoms with E-state index in [-0.39, 0.29) is 30.1 Å². The zero-order chi connectivity index (χ0) is 29.6. The molecule has 1 unspecified atom stereocenters. The van der Waals surface area contributed by atoms with E-state index in [4.69, 9.17) is 4.74 Å². The number of aromatic hydroxyl groups is 1. The number of aliphatic hydroxyl groups is 1. The molecular formula is C29H38N4O7. The van der Waals surface area contributed by atoms with E-state index in [0.717, 1.165) is 0 Å². The van der Waals surface area contributed by atoms with E-state index in [2.05, 4.69) is 15.6 Å². The predicted molar refractivity (Wildman–Crippen MR) is 146 cm³/mol. The first-order valence-corrected chi connectivity index (χ1v) is 13.3. The number of amides is 3. The van der Waals surface area contributed by atoms with Crippen molar-refractivity contribution in [2.24, 2.45) is 11.8 Å². The minimum absolute atomic E-state index is 0.0226. The van der Waals surface area contributed by atoms with Gasteiger partial charge in [-0.1, -0.05) is 39.0 Å². The van der Waals surface area contributed by atoms with Gasteiger partial charge in [-0.15, -0.1) is 0 Å². The molecule has 4 N–H and O–H groups in total. The number of hydrogen-bond donors (Lipinski definition) is 4. The van der Waals surface area contributed by atoms with Crippen LogP contribution in [0, 0.1) is 11.8 Å². The van der Waals surface area contributed by atoms with E-state index in [1.54, 1.807) is 36.7 Å². The minimum atomic E-state index is -1.38. The standard InChI is InChI=1S/C29H38N4O7/c1-16(2)13-22-29(39)40-18(4)24(32-26(36)20-10-6-7-11-23(20)34)27(37)31-21(14-19-9-8-12-30-15-19)25(35)17(3)28(38)33(22)5/h6-12,15-18,21-22,24-25,34-35H,13-14H2,1-5H3,(H,31,37)(H,32,36)/t17-,18-,21+,22?,24+,25+/m1/s1. The number of carbonyl (C=O) groups excluding carboxylic acids is 4. The van der Waals surface area contributed by atoms with Crippen LogP contribution in [0.4, 0.5) is 0 Å². The average molecular weight is 555 g/mol. The molecule has 40 heavy (non-hydrogen) atoms. The van der Waals surface area contributed by atoms with Gasteiger partial charge in [0, 0.05) is 19.4 Å². The Morgan fingerprint density at radius 1 is 1.15 bits per heavy atom. The Morgan fingerprint density at radius 3 is 2.48 bits per heavy atom. The number of aliphatic hydroxyl groups excluding tert-OH is 1. The smallest absolute Gasteiger partial charge is 0.329 e. The third kappa shape index (κ3) is 7.35. The summed E-state index contributed by atoms with van der Waals surface area (Å²) >= 11 is 0. The third-order valence-electron chi connectivity index (χ3n) is 7.09. The fourth-order valence-electron chi connectivity index (χ4n) is 4.74. The number of ether oxygens (including phenoxy) is 1. The lowest BCUT2D eigenvalue weighted by atomic mass is 9.91. The second kappa shape index (κ2) is 13.4. The number of likely N-dealkylation sites (N-methyl/N-ethyl adjacent to an activating group) is 1. The van der Waals surface area contributed by atoms with E-state index in [1.165, 1.54) is 37.9 Å². The van der Waals surface area contributed by atoms with E-state index < -0.39 is 59.9 Å². The molecule has 11 nitrogen and oxygen atoms in total. The Bertz CT molecular complexity index is 1210. The first-order valence-electron chi connectivity index (χ1n) is 13.3. The SMILES string of the molecule is CC(C)CC1C(=O)O[C@H](C)[C@H](NC(=O)c2ccccc2O)C(=O)N[C@@H](Cc2cccnc2)[C@@H](O)[C@@H](C)C(=O)N1C. The number of hydrogen-bond acceptors (Lipinski definition) is 8. The van der Waals surface area contributed by atoms with Crippen molar-refractivity contribution in [1.82, 2.24) is 20.5 Å². The number of cyclic esters (lactones) is 1. The lowest BCUT2D eigenvalue weighted by Gasteiger charge is -2.36. The molecule has 0 aliphatic carbocycles. The molecule has 0 spiro atoms. The second-order valence-electron chi connectivity index (χ2n) is 10.7. The van der Waals surface area contributed by atoms with Gasteiger partial charge in [0.15, 0.2) is 0 Å². The maximum atomic E-state index is 13.7. The van der Waals surface area contributed by atoms with E-state index >= 15 is 0 Å². The van der Waals surface area contributed by atoms with Crippen molar-refractivity contribution < 1.29 is 34.1 Å². The molecule has 0 bridgehead atoms. The van der Waals surface area contributed by atoms with Crippen LogP contribution >= 0.6 is 0 Å². The van der Waals surface area contributed by atoms with Gasteiger partial charge < -0.3 is 30.5 Å². The molecule has 1 aromatic heterocycles. The second-order valence-corrected chi connectivity index (χ2v) is 10.7. The highest BCUT2D eigenvalue weighted by molar-refractivity contribution is 6.00. The van der Waals surface area contributed by atoms with Crippen molar-refractivity contribution in [3.8, 4) is 5.75 Å². The van der Waals surface area contributed by atoms with Crippen LogP contribution in [0.25, 0.3) is 0 Å². The van der Waals surface area contributed by atoms with Gasteiger partial charge in [0.25, 0.3) is 5.91 Å². The molecule has 0 saturated carbocycles. The van der Waals surface area contributed by atoms with Crippen molar-refractivity contribution >= 4 is 23.7 Å². The summed E-state index contributed by atoms with van der Waals surface area (Å²) in [5, 5.41) is 26.8. The lowest BCUT2D eigenvalue weighted by Crippen LogP contribution is -2.60. The third-order valence-corrected chi connectivity index (χ3v) is 7.09.